The maximum absolute atomic E-state index is 13.4. The standard InChI is InChI=1S/C11H8F3NS/c12-6-4-7(10(14)8(13)5-6)11(15)9-2-1-3-16-9/h1-5,11H,15H2/t11-/m1/s1. The van der Waals surface area contributed by atoms with E-state index in [0.29, 0.717) is 10.9 Å². The summed E-state index contributed by atoms with van der Waals surface area (Å²) in [6.07, 6.45) is 0. The normalized spacial score (nSPS) is 12.8. The molecule has 5 heteroatoms. The lowest BCUT2D eigenvalue weighted by Gasteiger charge is -2.11. The molecule has 1 atom stereocenters. The van der Waals surface area contributed by atoms with Crippen molar-refractivity contribution in [3.8, 4) is 0 Å². The average Bonchev–Trinajstić information content (AvgIpc) is 2.75. The molecule has 0 fully saturated rings. The summed E-state index contributed by atoms with van der Waals surface area (Å²) < 4.78 is 39.3. The van der Waals surface area contributed by atoms with E-state index in [2.05, 4.69) is 0 Å². The van der Waals surface area contributed by atoms with E-state index in [-0.39, 0.29) is 5.56 Å². The van der Waals surface area contributed by atoms with Gasteiger partial charge in [-0.3, -0.25) is 0 Å². The molecule has 0 saturated heterocycles. The number of benzene rings is 1. The van der Waals surface area contributed by atoms with Crippen LogP contribution in [0.4, 0.5) is 13.2 Å². The fourth-order valence-corrected chi connectivity index (χ4v) is 2.17. The lowest BCUT2D eigenvalue weighted by Crippen LogP contribution is -2.13. The minimum Gasteiger partial charge on any atom is -0.320 e. The van der Waals surface area contributed by atoms with Crippen molar-refractivity contribution in [1.82, 2.24) is 0 Å². The maximum Gasteiger partial charge on any atom is 0.164 e. The molecule has 2 N–H and O–H groups in total. The molecule has 0 aliphatic heterocycles. The second-order valence-electron chi connectivity index (χ2n) is 3.28. The van der Waals surface area contributed by atoms with Crippen molar-refractivity contribution in [2.75, 3.05) is 0 Å². The Morgan fingerprint density at radius 3 is 2.56 bits per heavy atom. The lowest BCUT2D eigenvalue weighted by atomic mass is 10.1. The first kappa shape index (κ1) is 11.2. The molecule has 84 valence electrons. The van der Waals surface area contributed by atoms with Crippen LogP contribution in [-0.4, -0.2) is 0 Å². The lowest BCUT2D eigenvalue weighted by molar-refractivity contribution is 0.481. The molecule has 1 aromatic heterocycles. The number of hydrogen-bond donors (Lipinski definition) is 1. The third-order valence-electron chi connectivity index (χ3n) is 2.21. The zero-order chi connectivity index (χ0) is 11.7. The highest BCUT2D eigenvalue weighted by Crippen LogP contribution is 2.27. The summed E-state index contributed by atoms with van der Waals surface area (Å²) >= 11 is 1.31. The summed E-state index contributed by atoms with van der Waals surface area (Å²) in [6, 6.07) is 4.01. The van der Waals surface area contributed by atoms with Crippen LogP contribution >= 0.6 is 11.3 Å². The van der Waals surface area contributed by atoms with Crippen LogP contribution in [0.15, 0.2) is 29.6 Å². The molecular weight excluding hydrogens is 235 g/mol. The molecule has 2 rings (SSSR count). The van der Waals surface area contributed by atoms with Gasteiger partial charge in [0.05, 0.1) is 6.04 Å². The SMILES string of the molecule is N[C@@H](c1cccs1)c1cc(F)cc(F)c1F. The summed E-state index contributed by atoms with van der Waals surface area (Å²) in [7, 11) is 0. The Morgan fingerprint density at radius 1 is 1.19 bits per heavy atom. The maximum atomic E-state index is 13.4. The first-order valence-electron chi connectivity index (χ1n) is 4.53. The van der Waals surface area contributed by atoms with Crippen molar-refractivity contribution in [1.29, 1.82) is 0 Å². The predicted octanol–water partition coefficient (Wildman–Crippen LogP) is 3.21. The zero-order valence-corrected chi connectivity index (χ0v) is 8.90. The van der Waals surface area contributed by atoms with Gasteiger partial charge in [-0.05, 0) is 17.5 Å². The third kappa shape index (κ3) is 1.96. The molecule has 0 aliphatic rings. The topological polar surface area (TPSA) is 26.0 Å². The van der Waals surface area contributed by atoms with E-state index in [4.69, 9.17) is 5.73 Å². The quantitative estimate of drug-likeness (QED) is 0.805. The van der Waals surface area contributed by atoms with Crippen LogP contribution in [0.1, 0.15) is 16.5 Å². The number of thiophene rings is 1. The molecular formula is C11H8F3NS. The van der Waals surface area contributed by atoms with E-state index in [1.54, 1.807) is 17.5 Å². The molecule has 0 radical (unpaired) electrons. The van der Waals surface area contributed by atoms with Crippen LogP contribution in [0.25, 0.3) is 0 Å². The number of hydrogen-bond acceptors (Lipinski definition) is 2. The van der Waals surface area contributed by atoms with E-state index < -0.39 is 23.5 Å². The molecule has 0 amide bonds. The van der Waals surface area contributed by atoms with Gasteiger partial charge in [0.1, 0.15) is 5.82 Å². The van der Waals surface area contributed by atoms with Crippen molar-refractivity contribution in [2.45, 2.75) is 6.04 Å². The van der Waals surface area contributed by atoms with Crippen molar-refractivity contribution < 1.29 is 13.2 Å². The van der Waals surface area contributed by atoms with Gasteiger partial charge >= 0.3 is 0 Å². The van der Waals surface area contributed by atoms with E-state index in [1.807, 2.05) is 0 Å². The molecule has 16 heavy (non-hydrogen) atoms. The minimum absolute atomic E-state index is 0.167. The minimum atomic E-state index is -1.22. The van der Waals surface area contributed by atoms with E-state index >= 15 is 0 Å². The Balaban J connectivity index is 2.48. The Bertz CT molecular complexity index is 496. The second kappa shape index (κ2) is 4.27. The van der Waals surface area contributed by atoms with Crippen LogP contribution in [0, 0.1) is 17.5 Å². The molecule has 0 bridgehead atoms. The highest BCUT2D eigenvalue weighted by molar-refractivity contribution is 7.10. The fourth-order valence-electron chi connectivity index (χ4n) is 1.42. The smallest absolute Gasteiger partial charge is 0.164 e. The van der Waals surface area contributed by atoms with Crippen LogP contribution in [0.5, 0.6) is 0 Å². The molecule has 0 aliphatic carbocycles. The fraction of sp³-hybridized carbons (Fsp3) is 0.0909. The van der Waals surface area contributed by atoms with Crippen LogP contribution in [0.2, 0.25) is 0 Å². The summed E-state index contributed by atoms with van der Waals surface area (Å²) in [5, 5.41) is 1.77. The molecule has 2 aromatic rings. The van der Waals surface area contributed by atoms with Crippen molar-refractivity contribution in [3.63, 3.8) is 0 Å². The molecule has 1 aromatic carbocycles. The Morgan fingerprint density at radius 2 is 1.94 bits per heavy atom. The highest BCUT2D eigenvalue weighted by Gasteiger charge is 2.18. The number of halogens is 3. The van der Waals surface area contributed by atoms with Crippen molar-refractivity contribution in [2.24, 2.45) is 5.73 Å². The third-order valence-corrected chi connectivity index (χ3v) is 3.16. The first-order valence-corrected chi connectivity index (χ1v) is 5.41. The zero-order valence-electron chi connectivity index (χ0n) is 8.08. The molecule has 1 nitrogen and oxygen atoms in total. The Labute approximate surface area is 94.3 Å². The van der Waals surface area contributed by atoms with Gasteiger partial charge in [0, 0.05) is 16.5 Å². The van der Waals surface area contributed by atoms with Crippen LogP contribution in [-0.2, 0) is 0 Å². The summed E-state index contributed by atoms with van der Waals surface area (Å²) in [4.78, 5) is 0.656. The van der Waals surface area contributed by atoms with Gasteiger partial charge in [0.2, 0.25) is 0 Å². The first-order chi connectivity index (χ1) is 7.59. The van der Waals surface area contributed by atoms with Gasteiger partial charge in [-0.2, -0.15) is 0 Å². The number of nitrogens with two attached hydrogens (primary N) is 1. The van der Waals surface area contributed by atoms with E-state index in [0.717, 1.165) is 6.07 Å². The predicted molar refractivity (Wildman–Crippen MR) is 56.7 cm³/mol. The van der Waals surface area contributed by atoms with Crippen LogP contribution < -0.4 is 5.73 Å². The molecule has 0 spiro atoms. The Hall–Kier alpha value is -1.33. The summed E-state index contributed by atoms with van der Waals surface area (Å²) in [5.74, 6) is -3.15. The Kier molecular flexibility index (Phi) is 2.98. The van der Waals surface area contributed by atoms with E-state index in [9.17, 15) is 13.2 Å². The van der Waals surface area contributed by atoms with Gasteiger partial charge in [-0.15, -0.1) is 11.3 Å². The second-order valence-corrected chi connectivity index (χ2v) is 4.26. The van der Waals surface area contributed by atoms with Gasteiger partial charge in [-0.25, -0.2) is 13.2 Å². The average molecular weight is 243 g/mol. The molecule has 0 saturated carbocycles. The molecule has 0 unspecified atom stereocenters. The van der Waals surface area contributed by atoms with Gasteiger partial charge in [0.25, 0.3) is 0 Å². The van der Waals surface area contributed by atoms with Gasteiger partial charge in [0.15, 0.2) is 11.6 Å². The van der Waals surface area contributed by atoms with Gasteiger partial charge < -0.3 is 5.73 Å². The monoisotopic (exact) mass is 243 g/mol. The number of rotatable bonds is 2. The van der Waals surface area contributed by atoms with Crippen LogP contribution in [0.3, 0.4) is 0 Å². The largest absolute Gasteiger partial charge is 0.320 e. The molecule has 1 heterocycles. The van der Waals surface area contributed by atoms with E-state index in [1.165, 1.54) is 11.3 Å². The highest BCUT2D eigenvalue weighted by atomic mass is 32.1. The van der Waals surface area contributed by atoms with Crippen molar-refractivity contribution >= 4 is 11.3 Å². The summed E-state index contributed by atoms with van der Waals surface area (Å²) in [6.45, 7) is 0. The van der Waals surface area contributed by atoms with Gasteiger partial charge in [-0.1, -0.05) is 6.07 Å². The van der Waals surface area contributed by atoms with Crippen molar-refractivity contribution in [3.05, 3.63) is 57.5 Å². The summed E-state index contributed by atoms with van der Waals surface area (Å²) in [5.41, 5.74) is 5.57.